The lowest BCUT2D eigenvalue weighted by atomic mass is 10.1. The van der Waals surface area contributed by atoms with Gasteiger partial charge in [0.25, 0.3) is 5.91 Å². The summed E-state index contributed by atoms with van der Waals surface area (Å²) in [5.41, 5.74) is 0.877. The van der Waals surface area contributed by atoms with E-state index in [-0.39, 0.29) is 29.5 Å². The van der Waals surface area contributed by atoms with Crippen LogP contribution < -0.4 is 10.1 Å². The summed E-state index contributed by atoms with van der Waals surface area (Å²) in [6.45, 7) is 3.59. The number of nitrogens with one attached hydrogen (secondary N) is 1. The fraction of sp³-hybridized carbons (Fsp3) is 0.350. The number of morpholine rings is 1. The maximum atomic E-state index is 12.9. The first kappa shape index (κ1) is 21.6. The molecule has 1 fully saturated rings. The van der Waals surface area contributed by atoms with Crippen molar-refractivity contribution in [2.24, 2.45) is 0 Å². The van der Waals surface area contributed by atoms with E-state index in [1.54, 1.807) is 43.3 Å². The average molecular weight is 439 g/mol. The second kappa shape index (κ2) is 9.58. The van der Waals surface area contributed by atoms with Gasteiger partial charge >= 0.3 is 0 Å². The Balaban J connectivity index is 1.63. The summed E-state index contributed by atoms with van der Waals surface area (Å²) in [6, 6.07) is 11.7. The molecule has 2 aromatic carbocycles. The summed E-state index contributed by atoms with van der Waals surface area (Å²) in [7, 11) is -3.68. The zero-order valence-electron chi connectivity index (χ0n) is 16.1. The third-order valence-corrected chi connectivity index (χ3v) is 6.77. The molecule has 1 amide bonds. The Kier molecular flexibility index (Phi) is 7.13. The quantitative estimate of drug-likeness (QED) is 0.671. The third-order valence-electron chi connectivity index (χ3n) is 4.49. The molecule has 1 saturated heterocycles. The molecule has 7 nitrogen and oxygen atoms in total. The van der Waals surface area contributed by atoms with Crippen molar-refractivity contribution in [1.82, 2.24) is 9.62 Å². The lowest BCUT2D eigenvalue weighted by molar-refractivity contribution is 0.0730. The van der Waals surface area contributed by atoms with Gasteiger partial charge in [0.2, 0.25) is 10.0 Å². The van der Waals surface area contributed by atoms with E-state index >= 15 is 0 Å². The number of hydrogen-bond acceptors (Lipinski definition) is 5. The minimum Gasteiger partial charge on any atom is -0.492 e. The molecule has 0 bridgehead atoms. The topological polar surface area (TPSA) is 84.9 Å². The SMILES string of the molecule is Cc1ccc(C(=O)NCCOc2cccc(Cl)c2)cc1S(=O)(=O)N1CCOCC1. The molecule has 0 atom stereocenters. The maximum Gasteiger partial charge on any atom is 0.251 e. The van der Waals surface area contributed by atoms with Gasteiger partial charge in [-0.15, -0.1) is 0 Å². The molecular formula is C20H23ClN2O5S. The van der Waals surface area contributed by atoms with E-state index in [2.05, 4.69) is 5.32 Å². The van der Waals surface area contributed by atoms with E-state index < -0.39 is 10.0 Å². The van der Waals surface area contributed by atoms with Crippen molar-refractivity contribution in [1.29, 1.82) is 0 Å². The first-order valence-corrected chi connectivity index (χ1v) is 11.0. The number of carbonyl (C=O) groups is 1. The van der Waals surface area contributed by atoms with Crippen LogP contribution in [0.5, 0.6) is 5.75 Å². The predicted molar refractivity (Wildman–Crippen MR) is 110 cm³/mol. The van der Waals surface area contributed by atoms with Crippen molar-refractivity contribution >= 4 is 27.5 Å². The molecule has 29 heavy (non-hydrogen) atoms. The molecule has 1 aliphatic rings. The highest BCUT2D eigenvalue weighted by atomic mass is 35.5. The van der Waals surface area contributed by atoms with Gasteiger partial charge in [-0.25, -0.2) is 8.42 Å². The van der Waals surface area contributed by atoms with Crippen LogP contribution in [0, 0.1) is 6.92 Å². The molecule has 0 aliphatic carbocycles. The number of nitrogens with zero attached hydrogens (tertiary/aromatic N) is 1. The largest absolute Gasteiger partial charge is 0.492 e. The summed E-state index contributed by atoms with van der Waals surface area (Å²) < 4.78 is 38.0. The number of halogens is 1. The Morgan fingerprint density at radius 2 is 1.97 bits per heavy atom. The second-order valence-corrected chi connectivity index (χ2v) is 8.90. The Morgan fingerprint density at radius 1 is 1.21 bits per heavy atom. The molecule has 0 spiro atoms. The van der Waals surface area contributed by atoms with Crippen molar-refractivity contribution in [2.75, 3.05) is 39.5 Å². The molecular weight excluding hydrogens is 416 g/mol. The van der Waals surface area contributed by atoms with E-state index in [4.69, 9.17) is 21.1 Å². The van der Waals surface area contributed by atoms with E-state index in [0.717, 1.165) is 0 Å². The van der Waals surface area contributed by atoms with E-state index in [0.29, 0.717) is 42.6 Å². The van der Waals surface area contributed by atoms with Gasteiger partial charge in [0.05, 0.1) is 24.7 Å². The second-order valence-electron chi connectivity index (χ2n) is 6.56. The number of aryl methyl sites for hydroxylation is 1. The van der Waals surface area contributed by atoms with Gasteiger partial charge in [-0.1, -0.05) is 23.7 Å². The summed E-state index contributed by atoms with van der Waals surface area (Å²) >= 11 is 5.90. The van der Waals surface area contributed by atoms with Crippen molar-refractivity contribution in [2.45, 2.75) is 11.8 Å². The fourth-order valence-corrected chi connectivity index (χ4v) is 4.78. The highest BCUT2D eigenvalue weighted by molar-refractivity contribution is 7.89. The molecule has 2 aromatic rings. The first-order valence-electron chi connectivity index (χ1n) is 9.23. The van der Waals surface area contributed by atoms with E-state index in [9.17, 15) is 13.2 Å². The van der Waals surface area contributed by atoms with Crippen LogP contribution in [-0.4, -0.2) is 58.1 Å². The molecule has 1 N–H and O–H groups in total. The predicted octanol–water partition coefficient (Wildman–Crippen LogP) is 2.48. The molecule has 3 rings (SSSR count). The van der Waals surface area contributed by atoms with Crippen LogP contribution in [0.3, 0.4) is 0 Å². The van der Waals surface area contributed by atoms with Crippen LogP contribution in [0.2, 0.25) is 5.02 Å². The van der Waals surface area contributed by atoms with Crippen molar-refractivity contribution in [3.05, 3.63) is 58.6 Å². The lowest BCUT2D eigenvalue weighted by Crippen LogP contribution is -2.41. The maximum absolute atomic E-state index is 12.9. The van der Waals surface area contributed by atoms with Crippen LogP contribution in [0.15, 0.2) is 47.4 Å². The molecule has 9 heteroatoms. The Hall–Kier alpha value is -2.13. The molecule has 1 aliphatic heterocycles. The van der Waals surface area contributed by atoms with Crippen LogP contribution >= 0.6 is 11.6 Å². The van der Waals surface area contributed by atoms with Gasteiger partial charge < -0.3 is 14.8 Å². The summed E-state index contributed by atoms with van der Waals surface area (Å²) in [5.74, 6) is 0.249. The minimum atomic E-state index is -3.68. The van der Waals surface area contributed by atoms with Gasteiger partial charge in [0.15, 0.2) is 0 Å². The number of hydrogen-bond donors (Lipinski definition) is 1. The number of carbonyl (C=O) groups excluding carboxylic acids is 1. The summed E-state index contributed by atoms with van der Waals surface area (Å²) in [6.07, 6.45) is 0. The number of rotatable bonds is 7. The van der Waals surface area contributed by atoms with Crippen molar-refractivity contribution in [3.8, 4) is 5.75 Å². The van der Waals surface area contributed by atoms with Gasteiger partial charge in [-0.05, 0) is 42.8 Å². The molecule has 0 radical (unpaired) electrons. The van der Waals surface area contributed by atoms with Crippen molar-refractivity contribution in [3.63, 3.8) is 0 Å². The first-order chi connectivity index (χ1) is 13.9. The number of ether oxygens (including phenoxy) is 2. The fourth-order valence-electron chi connectivity index (χ4n) is 2.94. The molecule has 0 unspecified atom stereocenters. The number of benzene rings is 2. The third kappa shape index (κ3) is 5.48. The number of sulfonamides is 1. The van der Waals surface area contributed by atoms with E-state index in [1.165, 1.54) is 10.4 Å². The van der Waals surface area contributed by atoms with Gasteiger partial charge in [-0.2, -0.15) is 4.31 Å². The average Bonchev–Trinajstić information content (AvgIpc) is 2.72. The van der Waals surface area contributed by atoms with Gasteiger partial charge in [0.1, 0.15) is 12.4 Å². The van der Waals surface area contributed by atoms with Gasteiger partial charge in [-0.3, -0.25) is 4.79 Å². The zero-order valence-corrected chi connectivity index (χ0v) is 17.6. The molecule has 156 valence electrons. The molecule has 0 saturated carbocycles. The van der Waals surface area contributed by atoms with Crippen LogP contribution in [0.1, 0.15) is 15.9 Å². The number of amides is 1. The summed E-state index contributed by atoms with van der Waals surface area (Å²) in [5, 5.41) is 3.31. The normalized spacial score (nSPS) is 15.1. The monoisotopic (exact) mass is 438 g/mol. The van der Waals surface area contributed by atoms with Crippen LogP contribution in [-0.2, 0) is 14.8 Å². The standard InChI is InChI=1S/C20H23ClN2O5S/c1-15-5-6-16(13-19(15)29(25,26)23-8-11-27-12-9-23)20(24)22-7-10-28-18-4-2-3-17(21)14-18/h2-6,13-14H,7-12H2,1H3,(H,22,24). The van der Waals surface area contributed by atoms with Gasteiger partial charge in [0, 0.05) is 23.7 Å². The lowest BCUT2D eigenvalue weighted by Gasteiger charge is -2.26. The van der Waals surface area contributed by atoms with Crippen molar-refractivity contribution < 1.29 is 22.7 Å². The smallest absolute Gasteiger partial charge is 0.251 e. The van der Waals surface area contributed by atoms with E-state index in [1.807, 2.05) is 0 Å². The highest BCUT2D eigenvalue weighted by Gasteiger charge is 2.28. The minimum absolute atomic E-state index is 0.141. The zero-order chi connectivity index (χ0) is 20.9. The van der Waals surface area contributed by atoms with Crippen LogP contribution in [0.4, 0.5) is 0 Å². The molecule has 1 heterocycles. The Bertz CT molecular complexity index is 975. The summed E-state index contributed by atoms with van der Waals surface area (Å²) in [4.78, 5) is 12.6. The molecule has 0 aromatic heterocycles. The van der Waals surface area contributed by atoms with Crippen LogP contribution in [0.25, 0.3) is 0 Å². The highest BCUT2D eigenvalue weighted by Crippen LogP contribution is 2.22. The Labute approximate surface area is 175 Å². The Morgan fingerprint density at radius 3 is 2.69 bits per heavy atom.